The Morgan fingerprint density at radius 1 is 1.39 bits per heavy atom. The van der Waals surface area contributed by atoms with E-state index in [1.54, 1.807) is 6.20 Å². The minimum absolute atomic E-state index is 0.245. The SMILES string of the molecule is N#CC(CBr)c1nccc2cc3c(cc12)OCO3. The van der Waals surface area contributed by atoms with E-state index in [0.717, 1.165) is 22.2 Å². The molecular weight excluding hydrogens is 296 g/mol. The highest BCUT2D eigenvalue weighted by Crippen LogP contribution is 2.38. The minimum Gasteiger partial charge on any atom is -0.454 e. The molecule has 1 aliphatic heterocycles. The summed E-state index contributed by atoms with van der Waals surface area (Å²) in [5.74, 6) is 1.18. The third kappa shape index (κ3) is 1.70. The van der Waals surface area contributed by atoms with Gasteiger partial charge < -0.3 is 9.47 Å². The molecule has 1 atom stereocenters. The van der Waals surface area contributed by atoms with Gasteiger partial charge in [-0.1, -0.05) is 15.9 Å². The van der Waals surface area contributed by atoms with E-state index in [1.807, 2.05) is 18.2 Å². The zero-order chi connectivity index (χ0) is 12.5. The van der Waals surface area contributed by atoms with Crippen LogP contribution in [-0.2, 0) is 0 Å². The fraction of sp³-hybridized carbons (Fsp3) is 0.231. The number of ether oxygens (including phenoxy) is 2. The largest absolute Gasteiger partial charge is 0.454 e. The number of benzene rings is 1. The van der Waals surface area contributed by atoms with Crippen LogP contribution in [0.4, 0.5) is 0 Å². The summed E-state index contributed by atoms with van der Waals surface area (Å²) in [5.41, 5.74) is 0.769. The van der Waals surface area contributed by atoms with Gasteiger partial charge in [-0.15, -0.1) is 0 Å². The molecule has 4 nitrogen and oxygen atoms in total. The van der Waals surface area contributed by atoms with Gasteiger partial charge in [0.25, 0.3) is 0 Å². The van der Waals surface area contributed by atoms with Crippen molar-refractivity contribution in [2.75, 3.05) is 12.1 Å². The topological polar surface area (TPSA) is 55.1 Å². The third-order valence-electron chi connectivity index (χ3n) is 2.93. The molecule has 0 aliphatic carbocycles. The maximum absolute atomic E-state index is 9.16. The van der Waals surface area contributed by atoms with Crippen LogP contribution in [0.15, 0.2) is 24.4 Å². The average molecular weight is 305 g/mol. The number of nitriles is 1. The van der Waals surface area contributed by atoms with Crippen LogP contribution in [0.25, 0.3) is 10.8 Å². The van der Waals surface area contributed by atoms with Gasteiger partial charge in [0.05, 0.1) is 17.7 Å². The zero-order valence-corrected chi connectivity index (χ0v) is 11.0. The first-order valence-corrected chi connectivity index (χ1v) is 6.59. The third-order valence-corrected chi connectivity index (χ3v) is 3.58. The van der Waals surface area contributed by atoms with E-state index in [4.69, 9.17) is 14.7 Å². The Kier molecular flexibility index (Phi) is 2.80. The summed E-state index contributed by atoms with van der Waals surface area (Å²) < 4.78 is 10.7. The molecule has 90 valence electrons. The lowest BCUT2D eigenvalue weighted by atomic mass is 10.0. The van der Waals surface area contributed by atoms with Gasteiger partial charge >= 0.3 is 0 Å². The van der Waals surface area contributed by atoms with Crippen LogP contribution in [0.3, 0.4) is 0 Å². The van der Waals surface area contributed by atoms with Crippen LogP contribution in [-0.4, -0.2) is 17.1 Å². The van der Waals surface area contributed by atoms with Crippen LogP contribution < -0.4 is 9.47 Å². The van der Waals surface area contributed by atoms with Crippen molar-refractivity contribution in [2.45, 2.75) is 5.92 Å². The van der Waals surface area contributed by atoms with Crippen LogP contribution in [0.1, 0.15) is 11.6 Å². The van der Waals surface area contributed by atoms with Gasteiger partial charge in [0.1, 0.15) is 0 Å². The first kappa shape index (κ1) is 11.3. The molecule has 1 aliphatic rings. The van der Waals surface area contributed by atoms with E-state index >= 15 is 0 Å². The molecule has 0 spiro atoms. The van der Waals surface area contributed by atoms with Crippen LogP contribution >= 0.6 is 15.9 Å². The number of hydrogen-bond acceptors (Lipinski definition) is 4. The Labute approximate surface area is 112 Å². The van der Waals surface area contributed by atoms with Crippen LogP contribution in [0, 0.1) is 11.3 Å². The zero-order valence-electron chi connectivity index (χ0n) is 9.39. The normalized spacial score (nSPS) is 14.4. The lowest BCUT2D eigenvalue weighted by molar-refractivity contribution is 0.174. The molecule has 1 aromatic heterocycles. The Hall–Kier alpha value is -1.80. The van der Waals surface area contributed by atoms with E-state index in [2.05, 4.69) is 27.0 Å². The molecule has 0 amide bonds. The van der Waals surface area contributed by atoms with Gasteiger partial charge in [0.15, 0.2) is 11.5 Å². The molecule has 2 heterocycles. The summed E-state index contributed by atoms with van der Waals surface area (Å²) in [6, 6.07) is 7.97. The Morgan fingerprint density at radius 2 is 2.17 bits per heavy atom. The summed E-state index contributed by atoms with van der Waals surface area (Å²) in [5, 5.41) is 11.7. The number of nitrogens with zero attached hydrogens (tertiary/aromatic N) is 2. The van der Waals surface area contributed by atoms with Crippen molar-refractivity contribution < 1.29 is 9.47 Å². The summed E-state index contributed by atoms with van der Waals surface area (Å²) in [6.07, 6.45) is 1.72. The predicted molar refractivity (Wildman–Crippen MR) is 70.0 cm³/mol. The summed E-state index contributed by atoms with van der Waals surface area (Å²) in [4.78, 5) is 4.33. The molecule has 1 unspecified atom stereocenters. The Bertz CT molecular complexity index is 651. The van der Waals surface area contributed by atoms with Crippen molar-refractivity contribution in [3.05, 3.63) is 30.1 Å². The highest BCUT2D eigenvalue weighted by atomic mass is 79.9. The van der Waals surface area contributed by atoms with E-state index in [0.29, 0.717) is 11.1 Å². The van der Waals surface area contributed by atoms with Gasteiger partial charge in [-0.3, -0.25) is 4.98 Å². The smallest absolute Gasteiger partial charge is 0.231 e. The predicted octanol–water partition coefficient (Wildman–Crippen LogP) is 2.97. The Balaban J connectivity index is 2.25. The van der Waals surface area contributed by atoms with Gasteiger partial charge in [0.2, 0.25) is 6.79 Å². The number of pyridine rings is 1. The van der Waals surface area contributed by atoms with E-state index in [-0.39, 0.29) is 12.7 Å². The highest BCUT2D eigenvalue weighted by molar-refractivity contribution is 9.09. The highest BCUT2D eigenvalue weighted by Gasteiger charge is 2.19. The minimum atomic E-state index is -0.269. The van der Waals surface area contributed by atoms with E-state index in [1.165, 1.54) is 0 Å². The molecule has 1 aromatic carbocycles. The van der Waals surface area contributed by atoms with Crippen molar-refractivity contribution in [1.29, 1.82) is 5.26 Å². The van der Waals surface area contributed by atoms with Crippen molar-refractivity contribution in [3.8, 4) is 17.6 Å². The maximum Gasteiger partial charge on any atom is 0.231 e. The van der Waals surface area contributed by atoms with Gasteiger partial charge in [-0.05, 0) is 23.6 Å². The molecule has 0 bridgehead atoms. The molecule has 18 heavy (non-hydrogen) atoms. The van der Waals surface area contributed by atoms with Crippen LogP contribution in [0.2, 0.25) is 0 Å². The van der Waals surface area contributed by atoms with Crippen molar-refractivity contribution in [2.24, 2.45) is 0 Å². The molecule has 0 saturated carbocycles. The summed E-state index contributed by atoms with van der Waals surface area (Å²) in [6.45, 7) is 0.245. The van der Waals surface area contributed by atoms with Crippen molar-refractivity contribution >= 4 is 26.7 Å². The van der Waals surface area contributed by atoms with E-state index in [9.17, 15) is 0 Å². The number of aromatic nitrogens is 1. The number of rotatable bonds is 2. The first-order chi connectivity index (χ1) is 8.83. The molecule has 5 heteroatoms. The summed E-state index contributed by atoms with van der Waals surface area (Å²) >= 11 is 3.34. The molecule has 0 radical (unpaired) electrons. The number of alkyl halides is 1. The lowest BCUT2D eigenvalue weighted by Crippen LogP contribution is -2.01. The van der Waals surface area contributed by atoms with E-state index < -0.39 is 0 Å². The Morgan fingerprint density at radius 3 is 2.89 bits per heavy atom. The monoisotopic (exact) mass is 304 g/mol. The summed E-state index contributed by atoms with van der Waals surface area (Å²) in [7, 11) is 0. The fourth-order valence-corrected chi connectivity index (χ4v) is 2.48. The fourth-order valence-electron chi connectivity index (χ4n) is 2.03. The molecule has 0 saturated heterocycles. The quantitative estimate of drug-likeness (QED) is 0.800. The number of halogens is 1. The van der Waals surface area contributed by atoms with Crippen molar-refractivity contribution in [1.82, 2.24) is 4.98 Å². The average Bonchev–Trinajstić information content (AvgIpc) is 2.85. The second-order valence-corrected chi connectivity index (χ2v) is 4.61. The number of fused-ring (bicyclic) bond motifs is 2. The molecule has 2 aromatic rings. The molecule has 0 fully saturated rings. The molecule has 3 rings (SSSR count). The maximum atomic E-state index is 9.16. The first-order valence-electron chi connectivity index (χ1n) is 5.47. The standard InChI is InChI=1S/C13H9BrN2O2/c14-5-9(6-15)13-10-4-12-11(17-7-18-12)3-8(10)1-2-16-13/h1-4,9H,5,7H2. The van der Waals surface area contributed by atoms with Gasteiger partial charge in [-0.2, -0.15) is 5.26 Å². The molecule has 0 N–H and O–H groups in total. The second kappa shape index (κ2) is 4.46. The van der Waals surface area contributed by atoms with Gasteiger partial charge in [-0.25, -0.2) is 0 Å². The van der Waals surface area contributed by atoms with Crippen molar-refractivity contribution in [3.63, 3.8) is 0 Å². The second-order valence-electron chi connectivity index (χ2n) is 3.96. The number of hydrogen-bond donors (Lipinski definition) is 0. The molecular formula is C13H9BrN2O2. The van der Waals surface area contributed by atoms with Gasteiger partial charge in [0, 0.05) is 16.9 Å². The lowest BCUT2D eigenvalue weighted by Gasteiger charge is -2.09. The van der Waals surface area contributed by atoms with Crippen LogP contribution in [0.5, 0.6) is 11.5 Å².